The molecule has 0 unspecified atom stereocenters. The Morgan fingerprint density at radius 2 is 1.94 bits per heavy atom. The smallest absolute Gasteiger partial charge is 0.303 e. The van der Waals surface area contributed by atoms with Gasteiger partial charge in [-0.3, -0.25) is 19.2 Å². The fourth-order valence-corrected chi connectivity index (χ4v) is 0.957. The lowest BCUT2D eigenvalue weighted by Gasteiger charge is -2.14. The Bertz CT molecular complexity index is 327. The summed E-state index contributed by atoms with van der Waals surface area (Å²) >= 11 is 0. The number of carboxylic acids is 1. The van der Waals surface area contributed by atoms with Gasteiger partial charge in [-0.05, 0) is 6.42 Å². The second-order valence-corrected chi connectivity index (χ2v) is 3.24. The topological polar surface area (TPSA) is 136 Å². The van der Waals surface area contributed by atoms with Crippen LogP contribution in [0.5, 0.6) is 0 Å². The van der Waals surface area contributed by atoms with Crippen molar-refractivity contribution in [3.8, 4) is 0 Å². The number of carbonyl (C=O) groups is 4. The van der Waals surface area contributed by atoms with E-state index in [0.29, 0.717) is 0 Å². The van der Waals surface area contributed by atoms with Crippen LogP contribution in [0.3, 0.4) is 0 Å². The van der Waals surface area contributed by atoms with Crippen molar-refractivity contribution in [3.63, 3.8) is 0 Å². The Hall–Kier alpha value is -2.12. The van der Waals surface area contributed by atoms with Gasteiger partial charge in [0.25, 0.3) is 5.91 Å². The molecule has 0 aromatic heterocycles. The van der Waals surface area contributed by atoms with E-state index in [1.165, 1.54) is 0 Å². The number of amides is 2. The standard InChI is InChI=1S/C9H14N2O6/c1-5(12)17-4-7(13)11-6(9(10)16)2-3-8(14)15/h6H,2-4H2,1H3,(H2,10,16)(H,11,13)(H,14,15)/t6-/m0/s1. The molecule has 8 heteroatoms. The normalized spacial score (nSPS) is 11.4. The summed E-state index contributed by atoms with van der Waals surface area (Å²) in [6.45, 7) is 0.593. The van der Waals surface area contributed by atoms with E-state index in [1.54, 1.807) is 0 Å². The van der Waals surface area contributed by atoms with Crippen LogP contribution in [0, 0.1) is 0 Å². The molecule has 0 spiro atoms. The summed E-state index contributed by atoms with van der Waals surface area (Å²) in [5.41, 5.74) is 4.97. The first-order valence-corrected chi connectivity index (χ1v) is 4.76. The maximum Gasteiger partial charge on any atom is 0.303 e. The third-order valence-electron chi connectivity index (χ3n) is 1.73. The maximum atomic E-state index is 11.2. The summed E-state index contributed by atoms with van der Waals surface area (Å²) in [5, 5.41) is 10.6. The van der Waals surface area contributed by atoms with Crippen LogP contribution in [0.25, 0.3) is 0 Å². The van der Waals surface area contributed by atoms with Crippen LogP contribution >= 0.6 is 0 Å². The average Bonchev–Trinajstić information content (AvgIpc) is 2.20. The molecule has 96 valence electrons. The van der Waals surface area contributed by atoms with Gasteiger partial charge in [0.2, 0.25) is 5.91 Å². The lowest BCUT2D eigenvalue weighted by Crippen LogP contribution is -2.46. The number of nitrogens with two attached hydrogens (primary N) is 1. The van der Waals surface area contributed by atoms with Gasteiger partial charge in [-0.1, -0.05) is 0 Å². The van der Waals surface area contributed by atoms with Crippen LogP contribution in [0.2, 0.25) is 0 Å². The van der Waals surface area contributed by atoms with E-state index in [-0.39, 0.29) is 12.8 Å². The molecule has 17 heavy (non-hydrogen) atoms. The lowest BCUT2D eigenvalue weighted by molar-refractivity contribution is -0.146. The summed E-state index contributed by atoms with van der Waals surface area (Å²) in [6, 6.07) is -1.09. The number of ether oxygens (including phenoxy) is 1. The van der Waals surface area contributed by atoms with E-state index in [9.17, 15) is 19.2 Å². The number of carboxylic acid groups (broad SMARTS) is 1. The number of primary amides is 1. The molecule has 0 saturated carbocycles. The van der Waals surface area contributed by atoms with Crippen molar-refractivity contribution in [2.45, 2.75) is 25.8 Å². The van der Waals surface area contributed by atoms with Gasteiger partial charge in [0.15, 0.2) is 6.61 Å². The number of nitrogens with one attached hydrogen (secondary N) is 1. The first-order valence-electron chi connectivity index (χ1n) is 4.76. The van der Waals surface area contributed by atoms with E-state index in [2.05, 4.69) is 10.1 Å². The fourth-order valence-electron chi connectivity index (χ4n) is 0.957. The van der Waals surface area contributed by atoms with Gasteiger partial charge >= 0.3 is 11.9 Å². The molecule has 0 fully saturated rings. The van der Waals surface area contributed by atoms with Crippen molar-refractivity contribution in [3.05, 3.63) is 0 Å². The van der Waals surface area contributed by atoms with Gasteiger partial charge in [0.05, 0.1) is 0 Å². The quantitative estimate of drug-likeness (QED) is 0.462. The first-order chi connectivity index (χ1) is 7.82. The molecule has 0 aliphatic carbocycles. The summed E-state index contributed by atoms with van der Waals surface area (Å²) in [7, 11) is 0. The second kappa shape index (κ2) is 7.20. The predicted molar refractivity (Wildman–Crippen MR) is 54.6 cm³/mol. The molecule has 0 rings (SSSR count). The van der Waals surface area contributed by atoms with Crippen LogP contribution in [-0.4, -0.2) is 41.5 Å². The third-order valence-corrected chi connectivity index (χ3v) is 1.73. The fraction of sp³-hybridized carbons (Fsp3) is 0.556. The van der Waals surface area contributed by atoms with Crippen LogP contribution < -0.4 is 11.1 Å². The van der Waals surface area contributed by atoms with Crippen molar-refractivity contribution in [1.29, 1.82) is 0 Å². The largest absolute Gasteiger partial charge is 0.481 e. The number of carbonyl (C=O) groups excluding carboxylic acids is 3. The Morgan fingerprint density at radius 1 is 1.35 bits per heavy atom. The van der Waals surface area contributed by atoms with Crippen molar-refractivity contribution in [2.24, 2.45) is 5.73 Å². The molecule has 0 heterocycles. The van der Waals surface area contributed by atoms with Crippen molar-refractivity contribution < 1.29 is 29.0 Å². The summed E-state index contributed by atoms with van der Waals surface area (Å²) in [4.78, 5) is 42.8. The minimum atomic E-state index is -1.11. The first kappa shape index (κ1) is 14.9. The van der Waals surface area contributed by atoms with Gasteiger partial charge in [0.1, 0.15) is 6.04 Å². The van der Waals surface area contributed by atoms with Crippen LogP contribution in [0.1, 0.15) is 19.8 Å². The molecular weight excluding hydrogens is 232 g/mol. The monoisotopic (exact) mass is 246 g/mol. The molecule has 0 aromatic carbocycles. The van der Waals surface area contributed by atoms with E-state index in [0.717, 1.165) is 6.92 Å². The second-order valence-electron chi connectivity index (χ2n) is 3.24. The van der Waals surface area contributed by atoms with Gasteiger partial charge in [-0.15, -0.1) is 0 Å². The number of rotatable bonds is 7. The highest BCUT2D eigenvalue weighted by molar-refractivity contribution is 5.88. The molecule has 2 amide bonds. The third kappa shape index (κ3) is 7.77. The molecule has 1 atom stereocenters. The lowest BCUT2D eigenvalue weighted by atomic mass is 10.1. The average molecular weight is 246 g/mol. The molecule has 4 N–H and O–H groups in total. The number of aliphatic carboxylic acids is 1. The molecule has 0 bridgehead atoms. The minimum absolute atomic E-state index is 0.115. The minimum Gasteiger partial charge on any atom is -0.481 e. The molecule has 0 aliphatic heterocycles. The van der Waals surface area contributed by atoms with Gasteiger partial charge in [-0.25, -0.2) is 0 Å². The van der Waals surface area contributed by atoms with E-state index >= 15 is 0 Å². The zero-order valence-electron chi connectivity index (χ0n) is 9.26. The van der Waals surface area contributed by atoms with E-state index < -0.39 is 36.4 Å². The van der Waals surface area contributed by atoms with E-state index in [4.69, 9.17) is 10.8 Å². The zero-order chi connectivity index (χ0) is 13.4. The van der Waals surface area contributed by atoms with Gasteiger partial charge in [0, 0.05) is 13.3 Å². The Morgan fingerprint density at radius 3 is 2.35 bits per heavy atom. The summed E-state index contributed by atoms with van der Waals surface area (Å²) in [6.07, 6.45) is -0.419. The summed E-state index contributed by atoms with van der Waals surface area (Å²) in [5.74, 6) is -3.30. The maximum absolute atomic E-state index is 11.2. The molecule has 0 saturated heterocycles. The molecule has 0 radical (unpaired) electrons. The van der Waals surface area contributed by atoms with Crippen LogP contribution in [0.4, 0.5) is 0 Å². The molecule has 0 aromatic rings. The zero-order valence-corrected chi connectivity index (χ0v) is 9.26. The van der Waals surface area contributed by atoms with E-state index in [1.807, 2.05) is 0 Å². The van der Waals surface area contributed by atoms with Gasteiger partial charge in [-0.2, -0.15) is 0 Å². The molecule has 8 nitrogen and oxygen atoms in total. The highest BCUT2D eigenvalue weighted by Gasteiger charge is 2.19. The van der Waals surface area contributed by atoms with Crippen LogP contribution in [-0.2, 0) is 23.9 Å². The summed E-state index contributed by atoms with van der Waals surface area (Å²) < 4.78 is 4.39. The Kier molecular flexibility index (Phi) is 6.30. The Balaban J connectivity index is 4.15. The van der Waals surface area contributed by atoms with Crippen molar-refractivity contribution >= 4 is 23.8 Å². The van der Waals surface area contributed by atoms with Crippen molar-refractivity contribution in [2.75, 3.05) is 6.61 Å². The van der Waals surface area contributed by atoms with Crippen molar-refractivity contribution in [1.82, 2.24) is 5.32 Å². The number of esters is 1. The highest BCUT2D eigenvalue weighted by Crippen LogP contribution is 1.97. The molecular formula is C9H14N2O6. The highest BCUT2D eigenvalue weighted by atomic mass is 16.5. The predicted octanol–water partition coefficient (Wildman–Crippen LogP) is -1.62. The Labute approximate surface area is 97.1 Å². The number of hydrogen-bond acceptors (Lipinski definition) is 5. The van der Waals surface area contributed by atoms with Crippen LogP contribution in [0.15, 0.2) is 0 Å². The number of hydrogen-bond donors (Lipinski definition) is 3. The molecule has 0 aliphatic rings. The SMILES string of the molecule is CC(=O)OCC(=O)N[C@@H](CCC(=O)O)C(N)=O. The van der Waals surface area contributed by atoms with Gasteiger partial charge < -0.3 is 20.9 Å².